The summed E-state index contributed by atoms with van der Waals surface area (Å²) in [6, 6.07) is 5.76. The lowest BCUT2D eigenvalue weighted by atomic mass is 9.96. The van der Waals surface area contributed by atoms with Gasteiger partial charge in [-0.25, -0.2) is 0 Å². The second-order valence-corrected chi connectivity index (χ2v) is 5.59. The number of ether oxygens (including phenoxy) is 2. The summed E-state index contributed by atoms with van der Waals surface area (Å²) in [6.45, 7) is 7.94. The normalized spacial score (nSPS) is 11.9. The summed E-state index contributed by atoms with van der Waals surface area (Å²) in [7, 11) is 3.28. The van der Waals surface area contributed by atoms with Crippen molar-refractivity contribution in [2.45, 2.75) is 46.0 Å². The highest BCUT2D eigenvalue weighted by atomic mass is 16.5. The highest BCUT2D eigenvalue weighted by Crippen LogP contribution is 2.32. The van der Waals surface area contributed by atoms with Gasteiger partial charge in [0, 0.05) is 25.6 Å². The number of nitrogens with zero attached hydrogens (tertiary/aromatic N) is 1. The summed E-state index contributed by atoms with van der Waals surface area (Å²) < 4.78 is 10.7. The molecule has 4 nitrogen and oxygen atoms in total. The summed E-state index contributed by atoms with van der Waals surface area (Å²) in [4.78, 5) is 14.5. The molecule has 22 heavy (non-hydrogen) atoms. The van der Waals surface area contributed by atoms with Gasteiger partial charge in [0.15, 0.2) is 0 Å². The smallest absolute Gasteiger partial charge is 0.223 e. The van der Waals surface area contributed by atoms with Crippen LogP contribution < -0.4 is 9.47 Å². The molecule has 0 spiro atoms. The Kier molecular flexibility index (Phi) is 7.78. The number of carbonyl (C=O) groups is 1. The second-order valence-electron chi connectivity index (χ2n) is 5.59. The minimum Gasteiger partial charge on any atom is -0.497 e. The molecule has 1 aromatic rings. The van der Waals surface area contributed by atoms with E-state index in [0.717, 1.165) is 43.0 Å². The Morgan fingerprint density at radius 1 is 1.14 bits per heavy atom. The van der Waals surface area contributed by atoms with Gasteiger partial charge in [-0.15, -0.1) is 0 Å². The zero-order chi connectivity index (χ0) is 16.5. The number of carbonyl (C=O) groups excluding carboxylic acids is 1. The van der Waals surface area contributed by atoms with Gasteiger partial charge in [-0.2, -0.15) is 0 Å². The van der Waals surface area contributed by atoms with Crippen molar-refractivity contribution in [3.63, 3.8) is 0 Å². The fourth-order valence-electron chi connectivity index (χ4n) is 2.63. The van der Waals surface area contributed by atoms with E-state index in [1.807, 2.05) is 23.1 Å². The summed E-state index contributed by atoms with van der Waals surface area (Å²) in [6.07, 6.45) is 2.49. The average Bonchev–Trinajstić information content (AvgIpc) is 2.53. The molecule has 1 atom stereocenters. The SMILES string of the molecule is CCCN(CCC)C(=O)CC(C)c1ccc(OC)cc1OC. The molecule has 0 aliphatic rings. The van der Waals surface area contributed by atoms with Crippen LogP contribution in [0.1, 0.15) is 51.5 Å². The van der Waals surface area contributed by atoms with Gasteiger partial charge in [-0.1, -0.05) is 26.8 Å². The molecule has 1 rings (SSSR count). The lowest BCUT2D eigenvalue weighted by molar-refractivity contribution is -0.131. The maximum atomic E-state index is 12.5. The van der Waals surface area contributed by atoms with Crippen molar-refractivity contribution in [3.05, 3.63) is 23.8 Å². The third kappa shape index (κ3) is 4.93. The number of rotatable bonds is 9. The van der Waals surface area contributed by atoms with Crippen molar-refractivity contribution in [1.82, 2.24) is 4.90 Å². The van der Waals surface area contributed by atoms with E-state index >= 15 is 0 Å². The molecule has 0 aromatic heterocycles. The van der Waals surface area contributed by atoms with Gasteiger partial charge in [0.25, 0.3) is 0 Å². The molecule has 0 aliphatic heterocycles. The monoisotopic (exact) mass is 307 g/mol. The molecule has 0 N–H and O–H groups in total. The Bertz CT molecular complexity index is 467. The van der Waals surface area contributed by atoms with Crippen molar-refractivity contribution in [3.8, 4) is 11.5 Å². The Labute approximate surface area is 134 Å². The largest absolute Gasteiger partial charge is 0.497 e. The van der Waals surface area contributed by atoms with Crippen LogP contribution in [0.2, 0.25) is 0 Å². The molecule has 0 saturated heterocycles. The van der Waals surface area contributed by atoms with E-state index in [1.54, 1.807) is 14.2 Å². The van der Waals surface area contributed by atoms with E-state index in [4.69, 9.17) is 9.47 Å². The number of benzene rings is 1. The summed E-state index contributed by atoms with van der Waals surface area (Å²) in [5, 5.41) is 0. The average molecular weight is 307 g/mol. The van der Waals surface area contributed by atoms with Crippen LogP contribution in [0.4, 0.5) is 0 Å². The zero-order valence-electron chi connectivity index (χ0n) is 14.5. The van der Waals surface area contributed by atoms with Crippen LogP contribution in [0.3, 0.4) is 0 Å². The van der Waals surface area contributed by atoms with Gasteiger partial charge < -0.3 is 14.4 Å². The molecular formula is C18H29NO3. The van der Waals surface area contributed by atoms with Crippen molar-refractivity contribution in [2.24, 2.45) is 0 Å². The molecule has 0 saturated carbocycles. The van der Waals surface area contributed by atoms with Gasteiger partial charge in [0.1, 0.15) is 11.5 Å². The maximum Gasteiger partial charge on any atom is 0.223 e. The Morgan fingerprint density at radius 3 is 2.27 bits per heavy atom. The molecule has 1 unspecified atom stereocenters. The Hall–Kier alpha value is -1.71. The third-order valence-corrected chi connectivity index (χ3v) is 3.79. The van der Waals surface area contributed by atoms with Crippen LogP contribution in [0.15, 0.2) is 18.2 Å². The van der Waals surface area contributed by atoms with Crippen molar-refractivity contribution < 1.29 is 14.3 Å². The molecule has 0 aliphatic carbocycles. The predicted molar refractivity (Wildman–Crippen MR) is 89.7 cm³/mol. The molecule has 0 bridgehead atoms. The zero-order valence-corrected chi connectivity index (χ0v) is 14.5. The van der Waals surface area contributed by atoms with E-state index < -0.39 is 0 Å². The van der Waals surface area contributed by atoms with Crippen molar-refractivity contribution in [2.75, 3.05) is 27.3 Å². The van der Waals surface area contributed by atoms with E-state index in [1.165, 1.54) is 0 Å². The van der Waals surface area contributed by atoms with Crippen LogP contribution in [0, 0.1) is 0 Å². The molecule has 0 heterocycles. The van der Waals surface area contributed by atoms with Gasteiger partial charge in [-0.05, 0) is 30.4 Å². The highest BCUT2D eigenvalue weighted by molar-refractivity contribution is 5.77. The summed E-state index contributed by atoms with van der Waals surface area (Å²) >= 11 is 0. The standard InChI is InChI=1S/C18H29NO3/c1-6-10-19(11-7-2)18(20)12-14(3)16-9-8-15(21-4)13-17(16)22-5/h8-9,13-14H,6-7,10-12H2,1-5H3. The van der Waals surface area contributed by atoms with Crippen molar-refractivity contribution >= 4 is 5.91 Å². The Balaban J connectivity index is 2.83. The van der Waals surface area contributed by atoms with Crippen LogP contribution in [0.25, 0.3) is 0 Å². The van der Waals surface area contributed by atoms with Crippen molar-refractivity contribution in [1.29, 1.82) is 0 Å². The first-order valence-corrected chi connectivity index (χ1v) is 8.07. The lowest BCUT2D eigenvalue weighted by Gasteiger charge is -2.24. The van der Waals surface area contributed by atoms with Crippen LogP contribution >= 0.6 is 0 Å². The molecule has 1 amide bonds. The number of methoxy groups -OCH3 is 2. The fraction of sp³-hybridized carbons (Fsp3) is 0.611. The maximum absolute atomic E-state index is 12.5. The fourth-order valence-corrected chi connectivity index (χ4v) is 2.63. The van der Waals surface area contributed by atoms with E-state index in [2.05, 4.69) is 20.8 Å². The first-order valence-electron chi connectivity index (χ1n) is 8.07. The molecule has 124 valence electrons. The first-order chi connectivity index (χ1) is 10.6. The van der Waals surface area contributed by atoms with Crippen LogP contribution in [-0.4, -0.2) is 38.1 Å². The highest BCUT2D eigenvalue weighted by Gasteiger charge is 2.19. The molecule has 1 aromatic carbocycles. The van der Waals surface area contributed by atoms with Crippen LogP contribution in [0.5, 0.6) is 11.5 Å². The predicted octanol–water partition coefficient (Wildman–Crippen LogP) is 3.85. The van der Waals surface area contributed by atoms with E-state index in [-0.39, 0.29) is 11.8 Å². The third-order valence-electron chi connectivity index (χ3n) is 3.79. The van der Waals surface area contributed by atoms with Gasteiger partial charge in [0.05, 0.1) is 14.2 Å². The van der Waals surface area contributed by atoms with Gasteiger partial charge in [0.2, 0.25) is 5.91 Å². The molecule has 0 fully saturated rings. The summed E-state index contributed by atoms with van der Waals surface area (Å²) in [5.41, 5.74) is 1.05. The molecule has 4 heteroatoms. The van der Waals surface area contributed by atoms with E-state index in [9.17, 15) is 4.79 Å². The molecule has 0 radical (unpaired) electrons. The Morgan fingerprint density at radius 2 is 1.77 bits per heavy atom. The molecular weight excluding hydrogens is 278 g/mol. The van der Waals surface area contributed by atoms with Crippen LogP contribution in [-0.2, 0) is 4.79 Å². The first kappa shape index (κ1) is 18.3. The summed E-state index contributed by atoms with van der Waals surface area (Å²) in [5.74, 6) is 1.87. The van der Waals surface area contributed by atoms with E-state index in [0.29, 0.717) is 6.42 Å². The quantitative estimate of drug-likeness (QED) is 0.695. The van der Waals surface area contributed by atoms with Gasteiger partial charge >= 0.3 is 0 Å². The lowest BCUT2D eigenvalue weighted by Crippen LogP contribution is -2.33. The number of amides is 1. The minimum absolute atomic E-state index is 0.115. The van der Waals surface area contributed by atoms with Gasteiger partial charge in [-0.3, -0.25) is 4.79 Å². The topological polar surface area (TPSA) is 38.8 Å². The number of hydrogen-bond acceptors (Lipinski definition) is 3. The minimum atomic E-state index is 0.115. The number of hydrogen-bond donors (Lipinski definition) is 0. The second kappa shape index (κ2) is 9.34.